The summed E-state index contributed by atoms with van der Waals surface area (Å²) in [6.07, 6.45) is 0.361. The number of carbonyl (C=O) groups is 2. The molecule has 7 heteroatoms. The lowest BCUT2D eigenvalue weighted by Crippen LogP contribution is -2.14. The summed E-state index contributed by atoms with van der Waals surface area (Å²) in [5.74, 6) is 0.324. The fourth-order valence-corrected chi connectivity index (χ4v) is 2.52. The van der Waals surface area contributed by atoms with E-state index in [0.717, 1.165) is 17.1 Å². The van der Waals surface area contributed by atoms with Crippen LogP contribution < -0.4 is 11.1 Å². The molecule has 1 heterocycles. The van der Waals surface area contributed by atoms with Crippen molar-refractivity contribution in [1.82, 2.24) is 0 Å². The van der Waals surface area contributed by atoms with E-state index in [9.17, 15) is 9.59 Å². The Morgan fingerprint density at radius 2 is 2.24 bits per heavy atom. The van der Waals surface area contributed by atoms with Crippen LogP contribution in [-0.4, -0.2) is 35.0 Å². The maximum absolute atomic E-state index is 11.5. The predicted octanol–water partition coefficient (Wildman–Crippen LogP) is 1.47. The highest BCUT2D eigenvalue weighted by molar-refractivity contribution is 7.99. The van der Waals surface area contributed by atoms with Crippen LogP contribution in [0.25, 0.3) is 0 Å². The average molecular weight is 274 g/mol. The average Bonchev–Trinajstić information content (AvgIpc) is 2.72. The van der Waals surface area contributed by atoms with E-state index in [1.54, 1.807) is 23.2 Å². The van der Waals surface area contributed by atoms with E-state index in [1.807, 2.05) is 0 Å². The van der Waals surface area contributed by atoms with E-state index in [2.05, 4.69) is 5.32 Å². The van der Waals surface area contributed by atoms with Crippen LogP contribution in [0.2, 0.25) is 0 Å². The van der Waals surface area contributed by atoms with Gasteiger partial charge in [0, 0.05) is 24.5 Å². The first-order valence-corrected chi connectivity index (χ1v) is 7.07. The first kappa shape index (κ1) is 14.0. The zero-order valence-corrected chi connectivity index (χ0v) is 10.8. The highest BCUT2D eigenvalue weighted by Gasteiger charge is 2.13. The Balaban J connectivity index is 2.40. The van der Waals surface area contributed by atoms with Crippen LogP contribution in [-0.2, 0) is 4.79 Å². The third-order valence-electron chi connectivity index (χ3n) is 1.87. The third-order valence-corrected chi connectivity index (χ3v) is 3.79. The number of aromatic carboxylic acids is 1. The van der Waals surface area contributed by atoms with Gasteiger partial charge in [0.05, 0.1) is 5.69 Å². The van der Waals surface area contributed by atoms with Crippen LogP contribution in [0.5, 0.6) is 0 Å². The van der Waals surface area contributed by atoms with Gasteiger partial charge < -0.3 is 16.2 Å². The molecular weight excluding hydrogens is 260 g/mol. The molecule has 0 unspecified atom stereocenters. The molecule has 5 nitrogen and oxygen atoms in total. The number of hydrogen-bond donors (Lipinski definition) is 3. The van der Waals surface area contributed by atoms with Crippen molar-refractivity contribution in [1.29, 1.82) is 0 Å². The number of carbonyl (C=O) groups excluding carboxylic acids is 1. The van der Waals surface area contributed by atoms with Crippen molar-refractivity contribution in [3.8, 4) is 0 Å². The summed E-state index contributed by atoms with van der Waals surface area (Å²) in [7, 11) is 0. The summed E-state index contributed by atoms with van der Waals surface area (Å²) in [4.78, 5) is 22.5. The van der Waals surface area contributed by atoms with Gasteiger partial charge in [0.25, 0.3) is 0 Å². The molecule has 4 N–H and O–H groups in total. The lowest BCUT2D eigenvalue weighted by atomic mass is 10.3. The van der Waals surface area contributed by atoms with Crippen LogP contribution in [0.15, 0.2) is 11.4 Å². The van der Waals surface area contributed by atoms with Gasteiger partial charge in [0.2, 0.25) is 5.91 Å². The first-order chi connectivity index (χ1) is 8.15. The quantitative estimate of drug-likeness (QED) is 0.655. The highest BCUT2D eigenvalue weighted by Crippen LogP contribution is 2.22. The number of rotatable bonds is 7. The SMILES string of the molecule is NCCSCCC(=O)Nc1ccsc1C(=O)O. The molecular formula is C10H14N2O3S2. The molecule has 1 aromatic heterocycles. The van der Waals surface area contributed by atoms with E-state index in [4.69, 9.17) is 10.8 Å². The number of anilines is 1. The number of carboxylic acid groups (broad SMARTS) is 1. The Hall–Kier alpha value is -1.05. The molecule has 1 amide bonds. The second-order valence-corrected chi connectivity index (χ2v) is 5.31. The molecule has 0 radical (unpaired) electrons. The molecule has 0 atom stereocenters. The van der Waals surface area contributed by atoms with Gasteiger partial charge in [-0.05, 0) is 11.4 Å². The van der Waals surface area contributed by atoms with Gasteiger partial charge in [-0.1, -0.05) is 0 Å². The predicted molar refractivity (Wildman–Crippen MR) is 70.9 cm³/mol. The summed E-state index contributed by atoms with van der Waals surface area (Å²) in [6, 6.07) is 1.60. The van der Waals surface area contributed by atoms with Gasteiger partial charge in [-0.25, -0.2) is 4.79 Å². The molecule has 1 rings (SSSR count). The van der Waals surface area contributed by atoms with Crippen molar-refractivity contribution in [2.45, 2.75) is 6.42 Å². The van der Waals surface area contributed by atoms with Crippen molar-refractivity contribution in [3.63, 3.8) is 0 Å². The Kier molecular flexibility index (Phi) is 6.03. The second-order valence-electron chi connectivity index (χ2n) is 3.17. The minimum atomic E-state index is -1.02. The van der Waals surface area contributed by atoms with Crippen molar-refractivity contribution in [2.24, 2.45) is 5.73 Å². The molecule has 0 aliphatic heterocycles. The number of amides is 1. The number of nitrogens with one attached hydrogen (secondary N) is 1. The Labute approximate surface area is 107 Å². The van der Waals surface area contributed by atoms with Crippen molar-refractivity contribution in [2.75, 3.05) is 23.4 Å². The Bertz CT molecular complexity index is 393. The van der Waals surface area contributed by atoms with Crippen LogP contribution in [0.1, 0.15) is 16.1 Å². The van der Waals surface area contributed by atoms with Gasteiger partial charge in [-0.2, -0.15) is 11.8 Å². The van der Waals surface area contributed by atoms with Gasteiger partial charge in [-0.15, -0.1) is 11.3 Å². The highest BCUT2D eigenvalue weighted by atomic mass is 32.2. The van der Waals surface area contributed by atoms with E-state index < -0.39 is 5.97 Å². The minimum absolute atomic E-state index is 0.160. The summed E-state index contributed by atoms with van der Waals surface area (Å²) in [5, 5.41) is 13.1. The maximum atomic E-state index is 11.5. The van der Waals surface area contributed by atoms with Crippen molar-refractivity contribution >= 4 is 40.7 Å². The monoisotopic (exact) mass is 274 g/mol. The summed E-state index contributed by atoms with van der Waals surface area (Å²) >= 11 is 2.70. The number of carboxylic acids is 1. The molecule has 94 valence electrons. The zero-order valence-electron chi connectivity index (χ0n) is 9.14. The molecule has 0 bridgehead atoms. The van der Waals surface area contributed by atoms with Crippen molar-refractivity contribution < 1.29 is 14.7 Å². The fraction of sp³-hybridized carbons (Fsp3) is 0.400. The molecule has 0 fully saturated rings. The lowest BCUT2D eigenvalue weighted by molar-refractivity contribution is -0.115. The van der Waals surface area contributed by atoms with Gasteiger partial charge in [0.15, 0.2) is 0 Å². The third kappa shape index (κ3) is 4.76. The molecule has 1 aromatic rings. The Morgan fingerprint density at radius 3 is 2.88 bits per heavy atom. The first-order valence-electron chi connectivity index (χ1n) is 5.03. The molecule has 17 heavy (non-hydrogen) atoms. The maximum Gasteiger partial charge on any atom is 0.348 e. The number of thioether (sulfide) groups is 1. The molecule has 0 saturated carbocycles. The standard InChI is InChI=1S/C10H14N2O3S2/c11-3-6-16-4-2-8(13)12-7-1-5-17-9(7)10(14)15/h1,5H,2-4,6,11H2,(H,12,13)(H,14,15). The normalized spacial score (nSPS) is 10.2. The zero-order chi connectivity index (χ0) is 12.7. The second kappa shape index (κ2) is 7.31. The number of nitrogens with two attached hydrogens (primary N) is 1. The molecule has 0 aromatic carbocycles. The summed E-state index contributed by atoms with van der Waals surface area (Å²) in [6.45, 7) is 0.597. The van der Waals surface area contributed by atoms with E-state index in [0.29, 0.717) is 24.4 Å². The number of hydrogen-bond acceptors (Lipinski definition) is 5. The van der Waals surface area contributed by atoms with Crippen molar-refractivity contribution in [3.05, 3.63) is 16.3 Å². The van der Waals surface area contributed by atoms with Crippen LogP contribution in [0.4, 0.5) is 5.69 Å². The largest absolute Gasteiger partial charge is 0.477 e. The molecule has 0 aliphatic carbocycles. The van der Waals surface area contributed by atoms with Gasteiger partial charge in [0.1, 0.15) is 4.88 Å². The molecule has 0 aliphatic rings. The van der Waals surface area contributed by atoms with Gasteiger partial charge >= 0.3 is 5.97 Å². The lowest BCUT2D eigenvalue weighted by Gasteiger charge is -2.04. The minimum Gasteiger partial charge on any atom is -0.477 e. The molecule has 0 spiro atoms. The van der Waals surface area contributed by atoms with E-state index in [-0.39, 0.29) is 10.8 Å². The van der Waals surface area contributed by atoms with E-state index >= 15 is 0 Å². The number of thiophene rings is 1. The Morgan fingerprint density at radius 1 is 1.47 bits per heavy atom. The topological polar surface area (TPSA) is 92.4 Å². The van der Waals surface area contributed by atoms with Crippen LogP contribution in [0.3, 0.4) is 0 Å². The summed E-state index contributed by atoms with van der Waals surface area (Å²) < 4.78 is 0. The van der Waals surface area contributed by atoms with Gasteiger partial charge in [-0.3, -0.25) is 4.79 Å². The van der Waals surface area contributed by atoms with E-state index in [1.165, 1.54) is 0 Å². The fourth-order valence-electron chi connectivity index (χ4n) is 1.14. The molecule has 0 saturated heterocycles. The smallest absolute Gasteiger partial charge is 0.348 e. The summed E-state index contributed by atoms with van der Waals surface area (Å²) in [5.41, 5.74) is 5.69. The van der Waals surface area contributed by atoms with Crippen LogP contribution >= 0.6 is 23.1 Å². The van der Waals surface area contributed by atoms with Crippen LogP contribution in [0, 0.1) is 0 Å².